The lowest BCUT2D eigenvalue weighted by Gasteiger charge is -2.57. The molecule has 10 nitrogen and oxygen atoms in total. The first-order valence-corrected chi connectivity index (χ1v) is 31.3. The van der Waals surface area contributed by atoms with Crippen LogP contribution in [0.1, 0.15) is 142 Å². The highest BCUT2D eigenvalue weighted by Gasteiger charge is 2.58. The maximum absolute atomic E-state index is 11.3. The smallest absolute Gasteiger partial charge is 0.151 e. The molecule has 1 spiro atoms. The van der Waals surface area contributed by atoms with E-state index < -0.39 is 49.2 Å². The van der Waals surface area contributed by atoms with Crippen molar-refractivity contribution in [3.8, 4) is 0 Å². The number of rotatable bonds is 1. The summed E-state index contributed by atoms with van der Waals surface area (Å²) in [6, 6.07) is 0. The van der Waals surface area contributed by atoms with Gasteiger partial charge in [-0.3, -0.25) is 0 Å². The topological polar surface area (TPSA) is 171 Å². The number of hydrogen-bond donors (Lipinski definition) is 0. The molecule has 5 aliphatic heterocycles. The van der Waals surface area contributed by atoms with Gasteiger partial charge >= 0.3 is 0 Å². The Labute approximate surface area is 363 Å². The van der Waals surface area contributed by atoms with Crippen LogP contribution in [0.3, 0.4) is 0 Å². The van der Waals surface area contributed by atoms with Crippen LogP contribution in [0.25, 0.3) is 0 Å². The quantitative estimate of drug-likeness (QED) is 0.251. The first-order chi connectivity index (χ1) is 26.1. The number of hydrogen-bond acceptors (Lipinski definition) is 10. The third kappa shape index (κ3) is 16.4. The molecule has 0 aromatic heterocycles. The van der Waals surface area contributed by atoms with Crippen molar-refractivity contribution in [1.82, 2.24) is 0 Å². The van der Waals surface area contributed by atoms with Gasteiger partial charge in [0.2, 0.25) is 0 Å². The van der Waals surface area contributed by atoms with E-state index in [4.69, 9.17) is 0 Å². The number of sulfone groups is 5. The molecule has 0 aromatic rings. The van der Waals surface area contributed by atoms with Crippen molar-refractivity contribution in [2.75, 3.05) is 57.5 Å². The Hall–Kier alpha value is -0.250. The van der Waals surface area contributed by atoms with E-state index in [1.807, 2.05) is 0 Å². The van der Waals surface area contributed by atoms with E-state index in [9.17, 15) is 42.1 Å². The Kier molecular flexibility index (Phi) is 16.5. The molecule has 15 heteroatoms. The van der Waals surface area contributed by atoms with E-state index in [2.05, 4.69) is 96.9 Å². The van der Waals surface area contributed by atoms with Crippen molar-refractivity contribution >= 4 is 49.2 Å². The average molecular weight is 933 g/mol. The van der Waals surface area contributed by atoms with Gasteiger partial charge in [-0.15, -0.1) is 0 Å². The fourth-order valence-electron chi connectivity index (χ4n) is 9.95. The van der Waals surface area contributed by atoms with Gasteiger partial charge in [0.05, 0.1) is 57.5 Å². The molecular formula is C44H84O10S5. The van der Waals surface area contributed by atoms with Crippen LogP contribution in [0.2, 0.25) is 0 Å². The summed E-state index contributed by atoms with van der Waals surface area (Å²) in [5.74, 6) is 8.85. The molecule has 2 aliphatic carbocycles. The average Bonchev–Trinajstić information content (AvgIpc) is 3.62. The van der Waals surface area contributed by atoms with Crippen LogP contribution in [0.15, 0.2) is 0 Å². The third-order valence-electron chi connectivity index (χ3n) is 14.8. The van der Waals surface area contributed by atoms with Crippen LogP contribution >= 0.6 is 0 Å². The zero-order valence-electron chi connectivity index (χ0n) is 39.3. The Morgan fingerprint density at radius 1 is 0.407 bits per heavy atom. The lowest BCUT2D eigenvalue weighted by molar-refractivity contribution is 0.00896. The second kappa shape index (κ2) is 18.3. The minimum Gasteiger partial charge on any atom is -0.229 e. The fraction of sp³-hybridized carbons (Fsp3) is 1.00. The van der Waals surface area contributed by atoms with Gasteiger partial charge in [0.25, 0.3) is 0 Å². The molecule has 7 aliphatic rings. The second-order valence-electron chi connectivity index (χ2n) is 24.5. The zero-order valence-corrected chi connectivity index (χ0v) is 43.3. The van der Waals surface area contributed by atoms with E-state index in [-0.39, 0.29) is 21.7 Å². The third-order valence-corrected chi connectivity index (χ3v) is 24.0. The summed E-state index contributed by atoms with van der Waals surface area (Å²) in [5.41, 5.74) is 1.19. The number of fused-ring (bicyclic) bond motifs is 1. The van der Waals surface area contributed by atoms with Gasteiger partial charge in [-0.2, -0.15) is 0 Å². The van der Waals surface area contributed by atoms with E-state index >= 15 is 0 Å². The minimum atomic E-state index is -2.68. The standard InChI is InChI=1S/2C10H18O2S.C9H18O2S.C8H16O2S.C7H14O2S/c1-9(2,3)8-4-10(5-8)6-13(11,12)7-10;1-7(2)8-3-9-5-13(11,12)6-10(9)4-8;1-9(2,3)8-4-6-12(10,11)7-5-8;1-8(2,3)7-4-5-11(9,10)6-7;1-7(2,3)6-4-10(8,9)5-6/h8H,4-7H2,1-3H3;7-10H,3-6H2,1-2H3;8H,4-7H2,1-3H3;7H,4-6H2,1-3H3;6H,4-5H2,1-3H3. The normalized spacial score (nSPS) is 31.5. The van der Waals surface area contributed by atoms with Crippen LogP contribution in [-0.4, -0.2) is 99.6 Å². The van der Waals surface area contributed by atoms with Crippen molar-refractivity contribution < 1.29 is 42.1 Å². The molecule has 0 bridgehead atoms. The van der Waals surface area contributed by atoms with Gasteiger partial charge < -0.3 is 0 Å². The molecule has 5 heterocycles. The highest BCUT2D eigenvalue weighted by molar-refractivity contribution is 7.93. The molecular weight excluding hydrogens is 849 g/mol. The summed E-state index contributed by atoms with van der Waals surface area (Å²) in [7, 11) is -13.2. The summed E-state index contributed by atoms with van der Waals surface area (Å²) in [4.78, 5) is 0. The van der Waals surface area contributed by atoms with Crippen molar-refractivity contribution in [2.45, 2.75) is 142 Å². The van der Waals surface area contributed by atoms with Crippen LogP contribution in [0, 0.1) is 74.4 Å². The van der Waals surface area contributed by atoms with Gasteiger partial charge in [-0.1, -0.05) is 96.9 Å². The summed E-state index contributed by atoms with van der Waals surface area (Å²) >= 11 is 0. The zero-order chi connectivity index (χ0) is 45.6. The highest BCUT2D eigenvalue weighted by Crippen LogP contribution is 2.58. The Morgan fingerprint density at radius 2 is 0.746 bits per heavy atom. The fourth-order valence-corrected chi connectivity index (χ4v) is 20.2. The van der Waals surface area contributed by atoms with E-state index in [0.29, 0.717) is 92.5 Å². The predicted octanol–water partition coefficient (Wildman–Crippen LogP) is 7.97. The van der Waals surface area contributed by atoms with Gasteiger partial charge in [0, 0.05) is 0 Å². The first-order valence-electron chi connectivity index (χ1n) is 22.2. The maximum atomic E-state index is 11.3. The van der Waals surface area contributed by atoms with Crippen molar-refractivity contribution in [3.63, 3.8) is 0 Å². The highest BCUT2D eigenvalue weighted by atomic mass is 32.2. The molecule has 0 aromatic carbocycles. The molecule has 0 amide bonds. The SMILES string of the molecule is CC(C)(C)C1CC2(C1)CS(=O)(=O)C2.CC(C)(C)C1CCS(=O)(=O)C1.CC(C)(C)C1CCS(=O)(=O)CC1.CC(C)(C)C1CS(=O)(=O)C1.CC(C)C1CC2CS(=O)(=O)CC2C1. The maximum Gasteiger partial charge on any atom is 0.151 e. The Morgan fingerprint density at radius 3 is 1.02 bits per heavy atom. The van der Waals surface area contributed by atoms with Gasteiger partial charge in [-0.25, -0.2) is 42.1 Å². The molecule has 3 atom stereocenters. The van der Waals surface area contributed by atoms with Gasteiger partial charge in [0.1, 0.15) is 9.84 Å². The lowest BCUT2D eigenvalue weighted by Crippen LogP contribution is -2.58. The van der Waals surface area contributed by atoms with E-state index in [1.54, 1.807) is 0 Å². The van der Waals surface area contributed by atoms with E-state index in [0.717, 1.165) is 62.7 Å². The summed E-state index contributed by atoms with van der Waals surface area (Å²) < 4.78 is 111. The molecule has 2 saturated carbocycles. The van der Waals surface area contributed by atoms with E-state index in [1.165, 1.54) is 0 Å². The molecule has 0 radical (unpaired) electrons. The van der Waals surface area contributed by atoms with Crippen molar-refractivity contribution in [2.24, 2.45) is 74.4 Å². The molecule has 59 heavy (non-hydrogen) atoms. The van der Waals surface area contributed by atoms with Crippen LogP contribution in [0.4, 0.5) is 0 Å². The Bertz CT molecular complexity index is 1920. The van der Waals surface area contributed by atoms with Gasteiger partial charge in [-0.05, 0) is 119 Å². The summed E-state index contributed by atoms with van der Waals surface area (Å²) in [6.45, 7) is 30.4. The molecule has 5 saturated heterocycles. The predicted molar refractivity (Wildman–Crippen MR) is 245 cm³/mol. The largest absolute Gasteiger partial charge is 0.229 e. The second-order valence-corrected chi connectivity index (χ2v) is 35.4. The molecule has 0 N–H and O–H groups in total. The van der Waals surface area contributed by atoms with Crippen LogP contribution in [0.5, 0.6) is 0 Å². The van der Waals surface area contributed by atoms with Crippen molar-refractivity contribution in [3.05, 3.63) is 0 Å². The van der Waals surface area contributed by atoms with Crippen LogP contribution in [-0.2, 0) is 49.2 Å². The minimum absolute atomic E-state index is 0.156. The van der Waals surface area contributed by atoms with Crippen LogP contribution < -0.4 is 0 Å². The van der Waals surface area contributed by atoms with Crippen molar-refractivity contribution in [1.29, 1.82) is 0 Å². The lowest BCUT2D eigenvalue weighted by atomic mass is 9.56. The summed E-state index contributed by atoms with van der Waals surface area (Å²) in [6.07, 6.45) is 7.14. The molecule has 7 rings (SSSR count). The first kappa shape index (κ1) is 53.1. The Balaban J connectivity index is 0.000000198. The monoisotopic (exact) mass is 932 g/mol. The molecule has 3 unspecified atom stereocenters. The summed E-state index contributed by atoms with van der Waals surface area (Å²) in [5, 5.41) is 0. The molecule has 350 valence electrons. The molecule has 7 fully saturated rings. The van der Waals surface area contributed by atoms with Gasteiger partial charge in [0.15, 0.2) is 39.3 Å².